The van der Waals surface area contributed by atoms with Gasteiger partial charge in [0.25, 0.3) is 5.91 Å². The van der Waals surface area contributed by atoms with Crippen LogP contribution in [0, 0.1) is 25.2 Å². The number of aryl methyl sites for hydroxylation is 2. The Bertz CT molecular complexity index is 1200. The molecule has 3 rings (SSSR count). The second-order valence-electron chi connectivity index (χ2n) is 7.00. The summed E-state index contributed by atoms with van der Waals surface area (Å²) in [5, 5.41) is 12.5. The van der Waals surface area contributed by atoms with E-state index in [2.05, 4.69) is 37.2 Å². The summed E-state index contributed by atoms with van der Waals surface area (Å²) in [6, 6.07) is 21.1. The Kier molecular flexibility index (Phi) is 7.67. The van der Waals surface area contributed by atoms with Crippen LogP contribution in [0.5, 0.6) is 5.75 Å². The van der Waals surface area contributed by atoms with Crippen LogP contribution in [0.1, 0.15) is 22.3 Å². The fourth-order valence-electron chi connectivity index (χ4n) is 2.90. The first-order valence-electron chi connectivity index (χ1n) is 9.53. The molecule has 0 saturated heterocycles. The van der Waals surface area contributed by atoms with E-state index in [9.17, 15) is 10.1 Å². The van der Waals surface area contributed by atoms with Crippen molar-refractivity contribution >= 4 is 49.5 Å². The first kappa shape index (κ1) is 22.8. The van der Waals surface area contributed by atoms with Crippen molar-refractivity contribution in [2.24, 2.45) is 0 Å². The van der Waals surface area contributed by atoms with Gasteiger partial charge < -0.3 is 10.1 Å². The van der Waals surface area contributed by atoms with Crippen molar-refractivity contribution in [2.45, 2.75) is 20.5 Å². The van der Waals surface area contributed by atoms with E-state index in [1.165, 1.54) is 0 Å². The molecule has 0 spiro atoms. The fraction of sp³-hybridized carbons (Fsp3) is 0.120. The lowest BCUT2D eigenvalue weighted by molar-refractivity contribution is -0.112. The van der Waals surface area contributed by atoms with Gasteiger partial charge in [-0.05, 0) is 61.4 Å². The van der Waals surface area contributed by atoms with E-state index in [1.54, 1.807) is 6.08 Å². The third-order valence-corrected chi connectivity index (χ3v) is 5.89. The van der Waals surface area contributed by atoms with Gasteiger partial charge in [-0.3, -0.25) is 4.79 Å². The van der Waals surface area contributed by atoms with E-state index >= 15 is 0 Å². The maximum Gasteiger partial charge on any atom is 0.266 e. The lowest BCUT2D eigenvalue weighted by atomic mass is 10.1. The van der Waals surface area contributed by atoms with Crippen LogP contribution in [0.4, 0.5) is 5.69 Å². The van der Waals surface area contributed by atoms with E-state index in [4.69, 9.17) is 4.74 Å². The summed E-state index contributed by atoms with van der Waals surface area (Å²) in [6.45, 7) is 4.21. The molecule has 0 heterocycles. The molecule has 0 aliphatic carbocycles. The molecule has 3 aromatic carbocycles. The maximum atomic E-state index is 12.8. The number of carbonyl (C=O) groups excluding carboxylic acids is 1. The number of nitrogens with one attached hydrogen (secondary N) is 1. The number of hydrogen-bond donors (Lipinski definition) is 1. The number of benzene rings is 3. The molecule has 3 aromatic rings. The third kappa shape index (κ3) is 6.06. The van der Waals surface area contributed by atoms with E-state index in [0.29, 0.717) is 23.6 Å². The van der Waals surface area contributed by atoms with Crippen molar-refractivity contribution in [2.75, 3.05) is 5.32 Å². The predicted molar refractivity (Wildman–Crippen MR) is 131 cm³/mol. The molecule has 0 unspecified atom stereocenters. The minimum absolute atomic E-state index is 0.00949. The predicted octanol–water partition coefficient (Wildman–Crippen LogP) is 6.95. The van der Waals surface area contributed by atoms with Crippen LogP contribution >= 0.6 is 31.9 Å². The van der Waals surface area contributed by atoms with Crippen molar-refractivity contribution in [3.8, 4) is 11.8 Å². The average molecular weight is 540 g/mol. The van der Waals surface area contributed by atoms with E-state index < -0.39 is 5.91 Å². The van der Waals surface area contributed by atoms with Gasteiger partial charge in [-0.2, -0.15) is 5.26 Å². The highest BCUT2D eigenvalue weighted by molar-refractivity contribution is 9.10. The zero-order chi connectivity index (χ0) is 22.4. The Balaban J connectivity index is 1.86. The minimum Gasteiger partial charge on any atom is -0.488 e. The molecule has 4 nitrogen and oxygen atoms in total. The lowest BCUT2D eigenvalue weighted by Crippen LogP contribution is -2.14. The Morgan fingerprint density at radius 2 is 1.87 bits per heavy atom. The molecule has 0 aliphatic rings. The van der Waals surface area contributed by atoms with E-state index in [1.807, 2.05) is 80.6 Å². The molecule has 0 aliphatic heterocycles. The van der Waals surface area contributed by atoms with Crippen LogP contribution in [-0.4, -0.2) is 5.91 Å². The normalized spacial score (nSPS) is 11.0. The van der Waals surface area contributed by atoms with Gasteiger partial charge in [0.05, 0.1) is 0 Å². The topological polar surface area (TPSA) is 62.1 Å². The Morgan fingerprint density at radius 3 is 2.61 bits per heavy atom. The number of ether oxygens (including phenoxy) is 1. The highest BCUT2D eigenvalue weighted by Gasteiger charge is 2.13. The van der Waals surface area contributed by atoms with Gasteiger partial charge in [0.2, 0.25) is 0 Å². The molecule has 1 N–H and O–H groups in total. The number of amides is 1. The third-order valence-electron chi connectivity index (χ3n) is 4.62. The van der Waals surface area contributed by atoms with Crippen molar-refractivity contribution in [3.05, 3.63) is 97.4 Å². The Hall–Kier alpha value is -2.88. The van der Waals surface area contributed by atoms with Gasteiger partial charge in [0.15, 0.2) is 0 Å². The number of halogens is 2. The van der Waals surface area contributed by atoms with Crippen LogP contribution in [-0.2, 0) is 11.4 Å². The number of nitrogens with zero attached hydrogens (tertiary/aromatic N) is 1. The molecule has 31 heavy (non-hydrogen) atoms. The molecule has 0 fully saturated rings. The minimum atomic E-state index is -0.465. The highest BCUT2D eigenvalue weighted by atomic mass is 79.9. The zero-order valence-corrected chi connectivity index (χ0v) is 20.2. The largest absolute Gasteiger partial charge is 0.488 e. The second kappa shape index (κ2) is 10.4. The van der Waals surface area contributed by atoms with Gasteiger partial charge in [-0.15, -0.1) is 0 Å². The standard InChI is InChI=1S/C25H20Br2N2O2/c1-16-7-8-17(2)23(11-16)29-25(30)20(14-28)12-19-13-21(26)9-10-24(19)31-15-18-5-3-4-6-22(18)27/h3-13H,15H2,1-2H3,(H,29,30)/b20-12+. The van der Waals surface area contributed by atoms with E-state index in [-0.39, 0.29) is 5.57 Å². The summed E-state index contributed by atoms with van der Waals surface area (Å²) < 4.78 is 7.77. The van der Waals surface area contributed by atoms with Gasteiger partial charge in [0, 0.05) is 25.8 Å². The Morgan fingerprint density at radius 1 is 1.10 bits per heavy atom. The average Bonchev–Trinajstić information content (AvgIpc) is 2.75. The van der Waals surface area contributed by atoms with Crippen molar-refractivity contribution in [3.63, 3.8) is 0 Å². The number of anilines is 1. The number of nitriles is 1. The van der Waals surface area contributed by atoms with Gasteiger partial charge in [-0.1, -0.05) is 62.2 Å². The highest BCUT2D eigenvalue weighted by Crippen LogP contribution is 2.28. The number of rotatable bonds is 6. The summed E-state index contributed by atoms with van der Waals surface area (Å²) in [4.78, 5) is 12.8. The number of hydrogen-bond acceptors (Lipinski definition) is 3. The van der Waals surface area contributed by atoms with Crippen LogP contribution in [0.2, 0.25) is 0 Å². The molecule has 0 aromatic heterocycles. The second-order valence-corrected chi connectivity index (χ2v) is 8.77. The van der Waals surface area contributed by atoms with Crippen molar-refractivity contribution in [1.29, 1.82) is 5.26 Å². The molecular formula is C25H20Br2N2O2. The van der Waals surface area contributed by atoms with Gasteiger partial charge in [-0.25, -0.2) is 0 Å². The Labute approximate surface area is 198 Å². The van der Waals surface area contributed by atoms with Crippen LogP contribution in [0.15, 0.2) is 75.2 Å². The zero-order valence-electron chi connectivity index (χ0n) is 17.1. The molecule has 156 valence electrons. The SMILES string of the molecule is Cc1ccc(C)c(NC(=O)/C(C#N)=C/c2cc(Br)ccc2OCc2ccccc2Br)c1. The molecule has 1 amide bonds. The smallest absolute Gasteiger partial charge is 0.266 e. The van der Waals surface area contributed by atoms with Crippen LogP contribution in [0.3, 0.4) is 0 Å². The molecular weight excluding hydrogens is 520 g/mol. The first-order valence-corrected chi connectivity index (χ1v) is 11.1. The molecule has 0 atom stereocenters. The number of carbonyl (C=O) groups is 1. The summed E-state index contributed by atoms with van der Waals surface area (Å²) in [6.07, 6.45) is 1.54. The van der Waals surface area contributed by atoms with E-state index in [0.717, 1.165) is 25.6 Å². The maximum absolute atomic E-state index is 12.8. The summed E-state index contributed by atoms with van der Waals surface area (Å²) >= 11 is 6.97. The van der Waals surface area contributed by atoms with Crippen molar-refractivity contribution in [1.82, 2.24) is 0 Å². The van der Waals surface area contributed by atoms with Crippen LogP contribution < -0.4 is 10.1 Å². The molecule has 0 radical (unpaired) electrons. The summed E-state index contributed by atoms with van der Waals surface area (Å²) in [7, 11) is 0. The summed E-state index contributed by atoms with van der Waals surface area (Å²) in [5.74, 6) is 0.110. The van der Waals surface area contributed by atoms with Crippen molar-refractivity contribution < 1.29 is 9.53 Å². The molecule has 6 heteroatoms. The van der Waals surface area contributed by atoms with Gasteiger partial charge >= 0.3 is 0 Å². The summed E-state index contributed by atoms with van der Waals surface area (Å²) in [5.41, 5.74) is 4.26. The molecule has 0 bridgehead atoms. The van der Waals surface area contributed by atoms with Crippen LogP contribution in [0.25, 0.3) is 6.08 Å². The molecule has 0 saturated carbocycles. The monoisotopic (exact) mass is 538 g/mol. The van der Waals surface area contributed by atoms with Gasteiger partial charge in [0.1, 0.15) is 24.0 Å². The lowest BCUT2D eigenvalue weighted by Gasteiger charge is -2.12. The fourth-order valence-corrected chi connectivity index (χ4v) is 3.68. The first-order chi connectivity index (χ1) is 14.9. The quantitative estimate of drug-likeness (QED) is 0.272.